The van der Waals surface area contributed by atoms with Gasteiger partial charge in [0.1, 0.15) is 6.04 Å². The zero-order valence-electron chi connectivity index (χ0n) is 11.4. The number of aliphatic hydroxyl groups is 1. The lowest BCUT2D eigenvalue weighted by Crippen LogP contribution is -2.51. The third kappa shape index (κ3) is 7.11. The van der Waals surface area contributed by atoms with Gasteiger partial charge in [-0.3, -0.25) is 4.79 Å². The fraction of sp³-hybridized carbons (Fsp3) is 0.833. The molecule has 3 unspecified atom stereocenters. The summed E-state index contributed by atoms with van der Waals surface area (Å²) in [6.07, 6.45) is 1.74. The minimum atomic E-state index is -0.695. The topological polar surface area (TPSA) is 104 Å². The molecule has 0 aromatic heterocycles. The van der Waals surface area contributed by atoms with Crippen LogP contribution in [0.25, 0.3) is 0 Å². The number of carbonyl (C=O) groups is 2. The van der Waals surface area contributed by atoms with Crippen LogP contribution in [0, 0.1) is 5.92 Å². The van der Waals surface area contributed by atoms with Crippen molar-refractivity contribution >= 4 is 11.9 Å². The van der Waals surface area contributed by atoms with Gasteiger partial charge in [0.15, 0.2) is 0 Å². The van der Waals surface area contributed by atoms with Gasteiger partial charge in [-0.15, -0.1) is 0 Å². The van der Waals surface area contributed by atoms with E-state index in [1.54, 1.807) is 6.92 Å². The Labute approximate surface area is 108 Å². The van der Waals surface area contributed by atoms with E-state index in [-0.39, 0.29) is 17.9 Å². The molecule has 0 bridgehead atoms. The summed E-state index contributed by atoms with van der Waals surface area (Å²) in [6, 6.07) is -1.29. The quantitative estimate of drug-likeness (QED) is 0.473. The molecule has 0 saturated heterocycles. The Bertz CT molecular complexity index is 269. The Morgan fingerprint density at radius 2 is 1.94 bits per heavy atom. The summed E-state index contributed by atoms with van der Waals surface area (Å²) in [5.41, 5.74) is 5.06. The molecule has 0 spiro atoms. The summed E-state index contributed by atoms with van der Waals surface area (Å²) in [7, 11) is 0. The molecule has 0 aliphatic carbocycles. The van der Waals surface area contributed by atoms with Crippen molar-refractivity contribution in [2.45, 2.75) is 52.2 Å². The van der Waals surface area contributed by atoms with Crippen LogP contribution in [0.3, 0.4) is 0 Å². The van der Waals surface area contributed by atoms with E-state index in [1.807, 2.05) is 13.8 Å². The van der Waals surface area contributed by atoms with E-state index >= 15 is 0 Å². The summed E-state index contributed by atoms with van der Waals surface area (Å²) < 4.78 is 0. The maximum atomic E-state index is 11.9. The minimum absolute atomic E-state index is 0.0225. The van der Waals surface area contributed by atoms with Crippen LogP contribution in [0.4, 0.5) is 4.79 Å². The molecule has 18 heavy (non-hydrogen) atoms. The zero-order chi connectivity index (χ0) is 14.1. The Hall–Kier alpha value is -1.30. The zero-order valence-corrected chi connectivity index (χ0v) is 11.4. The van der Waals surface area contributed by atoms with E-state index < -0.39 is 12.1 Å². The van der Waals surface area contributed by atoms with Gasteiger partial charge in [-0.05, 0) is 25.7 Å². The van der Waals surface area contributed by atoms with Crippen LogP contribution in [0.2, 0.25) is 0 Å². The van der Waals surface area contributed by atoms with Crippen molar-refractivity contribution in [2.75, 3.05) is 6.54 Å². The monoisotopic (exact) mass is 259 g/mol. The van der Waals surface area contributed by atoms with Crippen molar-refractivity contribution < 1.29 is 14.7 Å². The first-order valence-electron chi connectivity index (χ1n) is 6.40. The predicted molar refractivity (Wildman–Crippen MR) is 69.9 cm³/mol. The molecule has 0 fully saturated rings. The lowest BCUT2D eigenvalue weighted by molar-refractivity contribution is -0.124. The van der Waals surface area contributed by atoms with Gasteiger partial charge in [0.25, 0.3) is 0 Å². The molecule has 0 aromatic rings. The number of urea groups is 1. The van der Waals surface area contributed by atoms with Gasteiger partial charge in [0.2, 0.25) is 5.91 Å². The number of nitrogens with one attached hydrogen (secondary N) is 2. The van der Waals surface area contributed by atoms with Crippen LogP contribution in [-0.4, -0.2) is 35.7 Å². The first-order chi connectivity index (χ1) is 8.38. The third-order valence-corrected chi connectivity index (χ3v) is 2.89. The van der Waals surface area contributed by atoms with E-state index in [0.29, 0.717) is 19.4 Å². The van der Waals surface area contributed by atoms with Crippen LogP contribution in [-0.2, 0) is 4.79 Å². The van der Waals surface area contributed by atoms with Gasteiger partial charge < -0.3 is 21.5 Å². The molecule has 0 rings (SSSR count). The van der Waals surface area contributed by atoms with Crippen LogP contribution in [0.1, 0.15) is 40.0 Å². The van der Waals surface area contributed by atoms with Crippen molar-refractivity contribution in [1.82, 2.24) is 10.6 Å². The van der Waals surface area contributed by atoms with Gasteiger partial charge in [-0.1, -0.05) is 20.3 Å². The largest absolute Gasteiger partial charge is 0.393 e. The smallest absolute Gasteiger partial charge is 0.312 e. The summed E-state index contributed by atoms with van der Waals surface area (Å²) >= 11 is 0. The molecule has 3 atom stereocenters. The number of hydrogen-bond donors (Lipinski definition) is 4. The van der Waals surface area contributed by atoms with Crippen molar-refractivity contribution in [1.29, 1.82) is 0 Å². The molecule has 106 valence electrons. The van der Waals surface area contributed by atoms with E-state index in [2.05, 4.69) is 10.6 Å². The van der Waals surface area contributed by atoms with E-state index in [0.717, 1.165) is 6.42 Å². The van der Waals surface area contributed by atoms with Gasteiger partial charge in [0, 0.05) is 6.54 Å². The number of primary amides is 1. The Morgan fingerprint density at radius 1 is 1.33 bits per heavy atom. The highest BCUT2D eigenvalue weighted by molar-refractivity contribution is 5.86. The minimum Gasteiger partial charge on any atom is -0.393 e. The molecule has 0 aromatic carbocycles. The van der Waals surface area contributed by atoms with Crippen LogP contribution >= 0.6 is 0 Å². The average Bonchev–Trinajstić information content (AvgIpc) is 2.29. The van der Waals surface area contributed by atoms with Gasteiger partial charge in [-0.25, -0.2) is 4.79 Å². The van der Waals surface area contributed by atoms with Crippen LogP contribution < -0.4 is 16.4 Å². The standard InChI is InChI=1S/C12H25N3O3/c1-4-8(2)10(15-12(13)18)11(17)14-7-5-6-9(3)16/h8-10,16H,4-7H2,1-3H3,(H,14,17)(H3,13,15,18). The van der Waals surface area contributed by atoms with Gasteiger partial charge >= 0.3 is 6.03 Å². The highest BCUT2D eigenvalue weighted by atomic mass is 16.3. The molecular formula is C12H25N3O3. The van der Waals surface area contributed by atoms with Gasteiger partial charge in [-0.2, -0.15) is 0 Å². The van der Waals surface area contributed by atoms with Crippen LogP contribution in [0.15, 0.2) is 0 Å². The second-order valence-corrected chi connectivity index (χ2v) is 4.65. The second kappa shape index (κ2) is 8.74. The molecular weight excluding hydrogens is 234 g/mol. The molecule has 0 aliphatic heterocycles. The summed E-state index contributed by atoms with van der Waals surface area (Å²) in [5, 5.41) is 14.3. The summed E-state index contributed by atoms with van der Waals surface area (Å²) in [5.74, 6) is -0.206. The van der Waals surface area contributed by atoms with E-state index in [1.165, 1.54) is 0 Å². The van der Waals surface area contributed by atoms with Gasteiger partial charge in [0.05, 0.1) is 6.10 Å². The summed E-state index contributed by atoms with van der Waals surface area (Å²) in [4.78, 5) is 22.7. The number of carbonyl (C=O) groups excluding carboxylic acids is 2. The van der Waals surface area contributed by atoms with E-state index in [9.17, 15) is 9.59 Å². The fourth-order valence-electron chi connectivity index (χ4n) is 1.57. The highest BCUT2D eigenvalue weighted by Gasteiger charge is 2.24. The van der Waals surface area contributed by atoms with Crippen molar-refractivity contribution in [3.8, 4) is 0 Å². The molecule has 0 radical (unpaired) electrons. The average molecular weight is 259 g/mol. The molecule has 0 saturated carbocycles. The molecule has 0 aliphatic rings. The Kier molecular flexibility index (Phi) is 8.11. The second-order valence-electron chi connectivity index (χ2n) is 4.65. The number of rotatable bonds is 8. The van der Waals surface area contributed by atoms with Crippen LogP contribution in [0.5, 0.6) is 0 Å². The molecule has 0 heterocycles. The Balaban J connectivity index is 4.17. The molecule has 6 nitrogen and oxygen atoms in total. The lowest BCUT2D eigenvalue weighted by atomic mass is 9.98. The number of hydrogen-bond acceptors (Lipinski definition) is 3. The lowest BCUT2D eigenvalue weighted by Gasteiger charge is -2.22. The molecule has 6 heteroatoms. The SMILES string of the molecule is CCC(C)C(NC(N)=O)C(=O)NCCCC(C)O. The predicted octanol–water partition coefficient (Wildman–Crippen LogP) is 0.347. The third-order valence-electron chi connectivity index (χ3n) is 2.89. The maximum absolute atomic E-state index is 11.9. The molecule has 3 amide bonds. The van der Waals surface area contributed by atoms with E-state index in [4.69, 9.17) is 10.8 Å². The number of amides is 3. The summed E-state index contributed by atoms with van der Waals surface area (Å²) in [6.45, 7) is 6.02. The normalized spacial score (nSPS) is 15.6. The van der Waals surface area contributed by atoms with Crippen molar-refractivity contribution in [3.63, 3.8) is 0 Å². The Morgan fingerprint density at radius 3 is 2.39 bits per heavy atom. The first kappa shape index (κ1) is 16.7. The number of nitrogens with two attached hydrogens (primary N) is 1. The van der Waals surface area contributed by atoms with Crippen molar-refractivity contribution in [2.24, 2.45) is 11.7 Å². The fourth-order valence-corrected chi connectivity index (χ4v) is 1.57. The maximum Gasteiger partial charge on any atom is 0.312 e. The molecule has 5 N–H and O–H groups in total. The first-order valence-corrected chi connectivity index (χ1v) is 6.40. The van der Waals surface area contributed by atoms with Crippen molar-refractivity contribution in [3.05, 3.63) is 0 Å². The highest BCUT2D eigenvalue weighted by Crippen LogP contribution is 2.07. The number of aliphatic hydroxyl groups excluding tert-OH is 1.